The van der Waals surface area contributed by atoms with Gasteiger partial charge in [-0.05, 0) is 35.4 Å². The van der Waals surface area contributed by atoms with Crippen LogP contribution in [0.5, 0.6) is 0 Å². The smallest absolute Gasteiger partial charge is 0.241 e. The van der Waals surface area contributed by atoms with Crippen molar-refractivity contribution >= 4 is 18.3 Å². The Balaban J connectivity index is 0.00000280. The van der Waals surface area contributed by atoms with Gasteiger partial charge in [-0.2, -0.15) is 5.26 Å². The number of benzene rings is 2. The lowest BCUT2D eigenvalue weighted by Gasteiger charge is -2.29. The van der Waals surface area contributed by atoms with E-state index in [2.05, 4.69) is 0 Å². The third-order valence-corrected chi connectivity index (χ3v) is 4.78. The van der Waals surface area contributed by atoms with Crippen LogP contribution in [0.2, 0.25) is 0 Å². The van der Waals surface area contributed by atoms with E-state index in [4.69, 9.17) is 5.73 Å². The molecule has 0 aliphatic carbocycles. The summed E-state index contributed by atoms with van der Waals surface area (Å²) in [4.78, 5) is 14.1. The molecule has 148 valence electrons. The number of alkyl halides is 1. The van der Waals surface area contributed by atoms with Crippen molar-refractivity contribution in [3.63, 3.8) is 0 Å². The van der Waals surface area contributed by atoms with Gasteiger partial charge in [-0.25, -0.2) is 13.2 Å². The maximum absolute atomic E-state index is 13.7. The Morgan fingerprint density at radius 2 is 1.54 bits per heavy atom. The Kier molecular flexibility index (Phi) is 7.05. The molecule has 2 aromatic carbocycles. The van der Waals surface area contributed by atoms with Crippen LogP contribution in [0, 0.1) is 23.0 Å². The summed E-state index contributed by atoms with van der Waals surface area (Å²) >= 11 is 0. The van der Waals surface area contributed by atoms with E-state index in [-0.39, 0.29) is 25.4 Å². The summed E-state index contributed by atoms with van der Waals surface area (Å²) in [6, 6.07) is 10.9. The third-order valence-electron chi connectivity index (χ3n) is 4.78. The van der Waals surface area contributed by atoms with Gasteiger partial charge in [-0.3, -0.25) is 4.79 Å². The zero-order valence-corrected chi connectivity index (χ0v) is 15.6. The van der Waals surface area contributed by atoms with Crippen molar-refractivity contribution in [1.29, 1.82) is 5.26 Å². The summed E-state index contributed by atoms with van der Waals surface area (Å²) < 4.78 is 40.3. The molecule has 1 heterocycles. The highest BCUT2D eigenvalue weighted by Gasteiger charge is 2.40. The van der Waals surface area contributed by atoms with Gasteiger partial charge in [0, 0.05) is 12.3 Å². The summed E-state index contributed by atoms with van der Waals surface area (Å²) in [5.74, 6) is -2.15. The van der Waals surface area contributed by atoms with E-state index in [1.54, 1.807) is 0 Å². The molecule has 0 spiro atoms. The molecule has 28 heavy (non-hydrogen) atoms. The fraction of sp³-hybridized carbons (Fsp3) is 0.300. The van der Waals surface area contributed by atoms with E-state index in [0.29, 0.717) is 11.1 Å². The molecule has 1 amide bonds. The van der Waals surface area contributed by atoms with E-state index in [0.717, 1.165) is 4.90 Å². The number of carbonyl (C=O) groups excluding carboxylic acids is 1. The third kappa shape index (κ3) is 4.46. The van der Waals surface area contributed by atoms with Gasteiger partial charge in [0.2, 0.25) is 5.91 Å². The number of halogens is 4. The molecule has 2 N–H and O–H groups in total. The van der Waals surface area contributed by atoms with E-state index < -0.39 is 41.7 Å². The zero-order valence-electron chi connectivity index (χ0n) is 14.8. The first-order valence-electron chi connectivity index (χ1n) is 8.51. The molecule has 2 aromatic rings. The van der Waals surface area contributed by atoms with Gasteiger partial charge in [0.1, 0.15) is 23.8 Å². The van der Waals surface area contributed by atoms with Crippen molar-refractivity contribution in [3.05, 3.63) is 71.3 Å². The van der Waals surface area contributed by atoms with Crippen LogP contribution in [0.1, 0.15) is 23.5 Å². The van der Waals surface area contributed by atoms with E-state index >= 15 is 0 Å². The predicted octanol–water partition coefficient (Wildman–Crippen LogP) is 3.31. The number of hydrogen-bond acceptors (Lipinski definition) is 3. The van der Waals surface area contributed by atoms with Gasteiger partial charge in [-0.1, -0.05) is 24.3 Å². The Labute approximate surface area is 167 Å². The summed E-state index contributed by atoms with van der Waals surface area (Å²) in [6.45, 7) is -0.190. The first-order chi connectivity index (χ1) is 12.9. The van der Waals surface area contributed by atoms with Crippen molar-refractivity contribution in [1.82, 2.24) is 4.90 Å². The molecule has 3 rings (SSSR count). The van der Waals surface area contributed by atoms with Gasteiger partial charge >= 0.3 is 0 Å². The zero-order chi connectivity index (χ0) is 19.6. The largest absolute Gasteiger partial charge is 0.322 e. The topological polar surface area (TPSA) is 70.1 Å². The van der Waals surface area contributed by atoms with Crippen molar-refractivity contribution < 1.29 is 18.0 Å². The first-order valence-corrected chi connectivity index (χ1v) is 8.51. The molecule has 1 aliphatic heterocycles. The Morgan fingerprint density at radius 3 is 1.96 bits per heavy atom. The molecule has 1 fully saturated rings. The van der Waals surface area contributed by atoms with Crippen LogP contribution in [0.15, 0.2) is 48.5 Å². The first kappa shape index (κ1) is 21.7. The molecule has 0 bridgehead atoms. The van der Waals surface area contributed by atoms with E-state index in [1.165, 1.54) is 48.5 Å². The van der Waals surface area contributed by atoms with Crippen LogP contribution in [0.4, 0.5) is 13.2 Å². The standard InChI is InChI=1S/C20H18F3N3O.ClH/c21-14-5-1-12(2-6-14)18(13-3-7-15(22)8-4-13)19(25)20(27)26-11-16(23)9-17(26)10-24;/h1-8,16-19H,9,11,25H2;1H/t16-,17-,19+;/m0./s1. The number of hydrogen-bond donors (Lipinski definition) is 1. The molecule has 0 aromatic heterocycles. The lowest BCUT2D eigenvalue weighted by molar-refractivity contribution is -0.133. The van der Waals surface area contributed by atoms with Gasteiger partial charge in [0.15, 0.2) is 0 Å². The van der Waals surface area contributed by atoms with Gasteiger partial charge in [-0.15, -0.1) is 12.4 Å². The fourth-order valence-corrected chi connectivity index (χ4v) is 3.43. The van der Waals surface area contributed by atoms with Crippen LogP contribution in [-0.4, -0.2) is 35.6 Å². The molecule has 0 saturated carbocycles. The van der Waals surface area contributed by atoms with Gasteiger partial charge < -0.3 is 10.6 Å². The van der Waals surface area contributed by atoms with E-state index in [9.17, 15) is 23.2 Å². The lowest BCUT2D eigenvalue weighted by Crippen LogP contribution is -2.49. The van der Waals surface area contributed by atoms with Crippen LogP contribution in [0.3, 0.4) is 0 Å². The van der Waals surface area contributed by atoms with Gasteiger partial charge in [0.25, 0.3) is 0 Å². The number of nitrogens with zero attached hydrogens (tertiary/aromatic N) is 2. The highest BCUT2D eigenvalue weighted by Crippen LogP contribution is 2.30. The SMILES string of the molecule is Cl.N#C[C@@H]1C[C@H](F)CN1C(=O)[C@H](N)C(c1ccc(F)cc1)c1ccc(F)cc1. The Hall–Kier alpha value is -2.56. The second-order valence-corrected chi connectivity index (χ2v) is 6.58. The molecule has 1 saturated heterocycles. The van der Waals surface area contributed by atoms with Gasteiger partial charge in [0.05, 0.1) is 18.7 Å². The number of nitriles is 1. The van der Waals surface area contributed by atoms with Crippen LogP contribution in [0.25, 0.3) is 0 Å². The molecule has 4 nitrogen and oxygen atoms in total. The maximum Gasteiger partial charge on any atom is 0.241 e. The normalized spacial score (nSPS) is 19.8. The van der Waals surface area contributed by atoms with Crippen molar-refractivity contribution in [2.24, 2.45) is 5.73 Å². The minimum absolute atomic E-state index is 0. The monoisotopic (exact) mass is 409 g/mol. The molecule has 8 heteroatoms. The van der Waals surface area contributed by atoms with Crippen molar-refractivity contribution in [2.75, 3.05) is 6.54 Å². The minimum Gasteiger partial charge on any atom is -0.322 e. The van der Waals surface area contributed by atoms with Crippen LogP contribution in [-0.2, 0) is 4.79 Å². The minimum atomic E-state index is -1.28. The average Bonchev–Trinajstić information content (AvgIpc) is 3.05. The number of carbonyl (C=O) groups is 1. The number of rotatable bonds is 4. The second-order valence-electron chi connectivity index (χ2n) is 6.58. The molecule has 3 atom stereocenters. The highest BCUT2D eigenvalue weighted by molar-refractivity contribution is 5.85. The Morgan fingerprint density at radius 1 is 1.07 bits per heavy atom. The molecule has 1 aliphatic rings. The maximum atomic E-state index is 13.7. The lowest BCUT2D eigenvalue weighted by atomic mass is 9.84. The van der Waals surface area contributed by atoms with E-state index in [1.807, 2.05) is 6.07 Å². The second kappa shape index (κ2) is 9.09. The quantitative estimate of drug-likeness (QED) is 0.842. The molecule has 0 unspecified atom stereocenters. The fourth-order valence-electron chi connectivity index (χ4n) is 3.43. The summed E-state index contributed by atoms with van der Waals surface area (Å²) in [5.41, 5.74) is 7.36. The van der Waals surface area contributed by atoms with Crippen molar-refractivity contribution in [3.8, 4) is 6.07 Å². The number of amides is 1. The molecular weight excluding hydrogens is 391 g/mol. The molecule has 0 radical (unpaired) electrons. The van der Waals surface area contributed by atoms with Crippen molar-refractivity contribution in [2.45, 2.75) is 30.6 Å². The highest BCUT2D eigenvalue weighted by atomic mass is 35.5. The average molecular weight is 410 g/mol. The summed E-state index contributed by atoms with van der Waals surface area (Å²) in [5, 5.41) is 9.18. The Bertz CT molecular complexity index is 809. The molecular formula is C20H19ClF3N3O. The summed E-state index contributed by atoms with van der Waals surface area (Å²) in [7, 11) is 0. The van der Waals surface area contributed by atoms with Crippen LogP contribution >= 0.6 is 12.4 Å². The summed E-state index contributed by atoms with van der Waals surface area (Å²) in [6.07, 6.45) is -1.33. The number of likely N-dealkylation sites (tertiary alicyclic amines) is 1. The predicted molar refractivity (Wildman–Crippen MR) is 100 cm³/mol. The number of nitrogens with two attached hydrogens (primary N) is 1. The van der Waals surface area contributed by atoms with Crippen LogP contribution < -0.4 is 5.73 Å².